The first-order valence-corrected chi connectivity index (χ1v) is 8.03. The third kappa shape index (κ3) is 3.40. The topological polar surface area (TPSA) is 76.4 Å². The summed E-state index contributed by atoms with van der Waals surface area (Å²) in [5.74, 6) is -0.290. The van der Waals surface area contributed by atoms with Gasteiger partial charge in [0.15, 0.2) is 0 Å². The predicted octanol–water partition coefficient (Wildman–Crippen LogP) is 2.45. The fourth-order valence-electron chi connectivity index (χ4n) is 1.71. The monoisotopic (exact) mass is 313 g/mol. The second kappa shape index (κ2) is 5.68. The van der Waals surface area contributed by atoms with Crippen molar-refractivity contribution in [2.75, 3.05) is 0 Å². The van der Waals surface area contributed by atoms with Gasteiger partial charge in [-0.05, 0) is 36.8 Å². The van der Waals surface area contributed by atoms with Gasteiger partial charge < -0.3 is 9.73 Å². The number of hydrogen-bond acceptors (Lipinski definition) is 4. The molecule has 1 N–H and O–H groups in total. The molecule has 0 radical (unpaired) electrons. The Morgan fingerprint density at radius 1 is 1.35 bits per heavy atom. The Morgan fingerprint density at radius 3 is 2.65 bits per heavy atom. The fourth-order valence-corrected chi connectivity index (χ4v) is 2.55. The lowest BCUT2D eigenvalue weighted by atomic mass is 10.1. The quantitative estimate of drug-likeness (QED) is 0.880. The Hall–Kier alpha value is -1.79. The van der Waals surface area contributed by atoms with Crippen molar-refractivity contribution in [3.05, 3.63) is 53.5 Å². The summed E-state index contributed by atoms with van der Waals surface area (Å²) < 4.78 is 27.3. The third-order valence-corrected chi connectivity index (χ3v) is 4.11. The second-order valence-electron chi connectivity index (χ2n) is 4.23. The molecule has 0 fully saturated rings. The summed E-state index contributed by atoms with van der Waals surface area (Å²) in [6.45, 7) is 1.99. The molecule has 106 valence electrons. The molecular formula is C13H12ClNO4S. The van der Waals surface area contributed by atoms with E-state index >= 15 is 0 Å². The number of nitrogens with one attached hydrogen (secondary N) is 1. The van der Waals surface area contributed by atoms with E-state index in [1.807, 2.05) is 0 Å². The normalized spacial score (nSPS) is 11.3. The summed E-state index contributed by atoms with van der Waals surface area (Å²) >= 11 is 0. The van der Waals surface area contributed by atoms with E-state index in [4.69, 9.17) is 15.1 Å². The first kappa shape index (κ1) is 14.6. The van der Waals surface area contributed by atoms with E-state index in [-0.39, 0.29) is 10.8 Å². The maximum absolute atomic E-state index is 12.0. The Bertz CT molecular complexity index is 723. The van der Waals surface area contributed by atoms with E-state index in [2.05, 4.69) is 5.32 Å². The van der Waals surface area contributed by atoms with Gasteiger partial charge in [-0.25, -0.2) is 8.42 Å². The number of carbonyl (C=O) groups excluding carboxylic acids is 1. The van der Waals surface area contributed by atoms with Crippen LogP contribution < -0.4 is 5.32 Å². The van der Waals surface area contributed by atoms with Crippen molar-refractivity contribution in [3.8, 4) is 0 Å². The molecule has 0 aliphatic carbocycles. The van der Waals surface area contributed by atoms with Crippen molar-refractivity contribution in [1.82, 2.24) is 5.32 Å². The van der Waals surface area contributed by atoms with Crippen molar-refractivity contribution in [2.24, 2.45) is 0 Å². The Kier molecular flexibility index (Phi) is 4.15. The number of furan rings is 1. The number of benzene rings is 1. The molecule has 0 aliphatic rings. The van der Waals surface area contributed by atoms with E-state index in [9.17, 15) is 13.2 Å². The van der Waals surface area contributed by atoms with Crippen LogP contribution in [0.25, 0.3) is 0 Å². The lowest BCUT2D eigenvalue weighted by Gasteiger charge is -2.07. The smallest absolute Gasteiger partial charge is 0.261 e. The summed E-state index contributed by atoms with van der Waals surface area (Å²) in [7, 11) is 1.46. The highest BCUT2D eigenvalue weighted by Gasteiger charge is 2.14. The van der Waals surface area contributed by atoms with Crippen molar-refractivity contribution >= 4 is 25.6 Å². The van der Waals surface area contributed by atoms with Gasteiger partial charge in [0, 0.05) is 28.4 Å². The maximum atomic E-state index is 12.0. The molecule has 5 nitrogen and oxygen atoms in total. The third-order valence-electron chi connectivity index (χ3n) is 2.76. The number of hydrogen-bond donors (Lipinski definition) is 1. The summed E-state index contributed by atoms with van der Waals surface area (Å²) in [6.07, 6.45) is 3.06. The second-order valence-corrected chi connectivity index (χ2v) is 6.79. The van der Waals surface area contributed by atoms with Gasteiger partial charge in [0.2, 0.25) is 0 Å². The predicted molar refractivity (Wildman–Crippen MR) is 74.1 cm³/mol. The van der Waals surface area contributed by atoms with Gasteiger partial charge in [0.1, 0.15) is 0 Å². The van der Waals surface area contributed by atoms with Crippen molar-refractivity contribution in [2.45, 2.75) is 18.4 Å². The van der Waals surface area contributed by atoms with Crippen LogP contribution in [0, 0.1) is 6.92 Å². The average Bonchev–Trinajstić information content (AvgIpc) is 2.87. The summed E-state index contributed by atoms with van der Waals surface area (Å²) in [4.78, 5) is 12.0. The molecule has 0 saturated heterocycles. The summed E-state index contributed by atoms with van der Waals surface area (Å²) in [6, 6.07) is 5.86. The molecule has 0 unspecified atom stereocenters. The van der Waals surface area contributed by atoms with Crippen LogP contribution in [0.4, 0.5) is 0 Å². The van der Waals surface area contributed by atoms with Crippen molar-refractivity contribution in [1.29, 1.82) is 0 Å². The largest absolute Gasteiger partial charge is 0.472 e. The summed E-state index contributed by atoms with van der Waals surface area (Å²) in [5.41, 5.74) is 1.78. The average molecular weight is 314 g/mol. The zero-order valence-corrected chi connectivity index (χ0v) is 12.2. The zero-order valence-electron chi connectivity index (χ0n) is 10.6. The van der Waals surface area contributed by atoms with Crippen LogP contribution >= 0.6 is 10.7 Å². The molecule has 2 aromatic rings. The van der Waals surface area contributed by atoms with Gasteiger partial charge in [-0.15, -0.1) is 0 Å². The van der Waals surface area contributed by atoms with E-state index in [1.165, 1.54) is 30.7 Å². The lowest BCUT2D eigenvalue weighted by molar-refractivity contribution is 0.0950. The molecule has 1 aromatic carbocycles. The number of aryl methyl sites for hydroxylation is 1. The molecule has 0 saturated carbocycles. The van der Waals surface area contributed by atoms with E-state index in [0.717, 1.165) is 5.56 Å². The van der Waals surface area contributed by atoms with Gasteiger partial charge in [-0.2, -0.15) is 0 Å². The van der Waals surface area contributed by atoms with Crippen molar-refractivity contribution in [3.63, 3.8) is 0 Å². The van der Waals surface area contributed by atoms with Crippen LogP contribution in [-0.2, 0) is 15.6 Å². The number of rotatable bonds is 4. The van der Waals surface area contributed by atoms with E-state index < -0.39 is 9.05 Å². The first-order chi connectivity index (χ1) is 9.38. The lowest BCUT2D eigenvalue weighted by Crippen LogP contribution is -2.23. The van der Waals surface area contributed by atoms with Crippen LogP contribution in [0.5, 0.6) is 0 Å². The standard InChI is InChI=1S/C13H12ClNO4S/c1-9-6-11(20(14,17)18)2-3-12(9)13(16)15-7-10-4-5-19-8-10/h2-6,8H,7H2,1H3,(H,15,16). The van der Waals surface area contributed by atoms with Crippen LogP contribution in [-0.4, -0.2) is 14.3 Å². The molecule has 0 atom stereocenters. The minimum atomic E-state index is -3.79. The minimum Gasteiger partial charge on any atom is -0.472 e. The zero-order chi connectivity index (χ0) is 14.8. The first-order valence-electron chi connectivity index (χ1n) is 5.72. The molecule has 1 heterocycles. The van der Waals surface area contributed by atoms with Gasteiger partial charge in [-0.3, -0.25) is 4.79 Å². The molecule has 0 aliphatic heterocycles. The van der Waals surface area contributed by atoms with E-state index in [0.29, 0.717) is 17.7 Å². The molecular weight excluding hydrogens is 302 g/mol. The van der Waals surface area contributed by atoms with Gasteiger partial charge in [-0.1, -0.05) is 0 Å². The number of amides is 1. The number of carbonyl (C=O) groups is 1. The van der Waals surface area contributed by atoms with Crippen LogP contribution in [0.15, 0.2) is 46.1 Å². The van der Waals surface area contributed by atoms with Gasteiger partial charge in [0.25, 0.3) is 15.0 Å². The Balaban J connectivity index is 2.14. The van der Waals surface area contributed by atoms with Crippen LogP contribution in [0.1, 0.15) is 21.5 Å². The highest BCUT2D eigenvalue weighted by atomic mass is 35.7. The minimum absolute atomic E-state index is 0.0250. The highest BCUT2D eigenvalue weighted by Crippen LogP contribution is 2.19. The molecule has 1 aromatic heterocycles. The maximum Gasteiger partial charge on any atom is 0.261 e. The summed E-state index contributed by atoms with van der Waals surface area (Å²) in [5, 5.41) is 2.72. The fraction of sp³-hybridized carbons (Fsp3) is 0.154. The molecule has 2 rings (SSSR count). The molecule has 0 bridgehead atoms. The number of halogens is 1. The molecule has 7 heteroatoms. The van der Waals surface area contributed by atoms with Gasteiger partial charge >= 0.3 is 0 Å². The molecule has 1 amide bonds. The van der Waals surface area contributed by atoms with Gasteiger partial charge in [0.05, 0.1) is 17.4 Å². The van der Waals surface area contributed by atoms with Crippen LogP contribution in [0.2, 0.25) is 0 Å². The van der Waals surface area contributed by atoms with Crippen LogP contribution in [0.3, 0.4) is 0 Å². The highest BCUT2D eigenvalue weighted by molar-refractivity contribution is 8.13. The molecule has 20 heavy (non-hydrogen) atoms. The Labute approximate surface area is 121 Å². The Morgan fingerprint density at radius 2 is 2.10 bits per heavy atom. The molecule has 0 spiro atoms. The SMILES string of the molecule is Cc1cc(S(=O)(=O)Cl)ccc1C(=O)NCc1ccoc1. The van der Waals surface area contributed by atoms with E-state index in [1.54, 1.807) is 13.0 Å². The van der Waals surface area contributed by atoms with Crippen molar-refractivity contribution < 1.29 is 17.6 Å².